The monoisotopic (exact) mass is 351 g/mol. The van der Waals surface area contributed by atoms with Gasteiger partial charge in [-0.05, 0) is 0 Å². The van der Waals surface area contributed by atoms with Crippen LogP contribution in [0.4, 0.5) is 5.69 Å². The van der Waals surface area contributed by atoms with Crippen LogP contribution < -0.4 is 0 Å². The van der Waals surface area contributed by atoms with Crippen molar-refractivity contribution in [2.24, 2.45) is 0 Å². The van der Waals surface area contributed by atoms with Gasteiger partial charge in [-0.3, -0.25) is 0 Å². The summed E-state index contributed by atoms with van der Waals surface area (Å²) in [6.45, 7) is 0. The predicted molar refractivity (Wildman–Crippen MR) is 75.6 cm³/mol. The molecule has 0 unspecified atom stereocenters. The Kier molecular flexibility index (Phi) is 3.32. The van der Waals surface area contributed by atoms with E-state index in [2.05, 4.69) is 9.72 Å². The first-order chi connectivity index (χ1) is 10.1. The van der Waals surface area contributed by atoms with Gasteiger partial charge in [0.25, 0.3) is 0 Å². The van der Waals surface area contributed by atoms with Crippen molar-refractivity contribution in [3.8, 4) is 11.3 Å². The Morgan fingerprint density at radius 2 is 2.05 bits per heavy atom. The maximum atomic E-state index is 11.5. The van der Waals surface area contributed by atoms with Gasteiger partial charge in [0.2, 0.25) is 0 Å². The summed E-state index contributed by atoms with van der Waals surface area (Å²) in [6, 6.07) is 6.21. The molecule has 21 heavy (non-hydrogen) atoms. The molecular weight excluding hydrogens is 341 g/mol. The van der Waals surface area contributed by atoms with E-state index in [-0.39, 0.29) is 26.2 Å². The van der Waals surface area contributed by atoms with Crippen molar-refractivity contribution in [1.82, 2.24) is 9.38 Å². The summed E-state index contributed by atoms with van der Waals surface area (Å²) in [5.41, 5.74) is 1.57. The number of methoxy groups -OCH3 is 1. The molecule has 0 spiro atoms. The number of carbonyl (C=O) groups is 1. The van der Waals surface area contributed by atoms with Gasteiger partial charge in [-0.15, -0.1) is 0 Å². The molecule has 0 aliphatic heterocycles. The molecule has 0 atom stereocenters. The van der Waals surface area contributed by atoms with Crippen molar-refractivity contribution >= 4 is 30.7 Å². The van der Waals surface area contributed by atoms with Crippen LogP contribution in [0.5, 0.6) is 0 Å². The Labute approximate surface area is 124 Å². The molecule has 0 radical (unpaired) electrons. The summed E-state index contributed by atoms with van der Waals surface area (Å²) >= 11 is -0.188. The fraction of sp³-hybridized carbons (Fsp3) is 0.0769. The van der Waals surface area contributed by atoms with Crippen molar-refractivity contribution in [2.45, 2.75) is 0 Å². The summed E-state index contributed by atoms with van der Waals surface area (Å²) in [4.78, 5) is 26.1. The van der Waals surface area contributed by atoms with Gasteiger partial charge in [0.1, 0.15) is 0 Å². The molecule has 0 amide bonds. The Morgan fingerprint density at radius 1 is 1.33 bits per heavy atom. The van der Waals surface area contributed by atoms with Gasteiger partial charge >= 0.3 is 124 Å². The molecule has 3 rings (SSSR count). The van der Waals surface area contributed by atoms with E-state index in [9.17, 15) is 14.9 Å². The molecule has 3 aromatic rings. The van der Waals surface area contributed by atoms with E-state index in [0.717, 1.165) is 15.8 Å². The van der Waals surface area contributed by atoms with Crippen molar-refractivity contribution in [2.75, 3.05) is 7.11 Å². The third kappa shape index (κ3) is 2.46. The number of benzene rings is 1. The van der Waals surface area contributed by atoms with Gasteiger partial charge in [0.15, 0.2) is 0 Å². The van der Waals surface area contributed by atoms with Crippen LogP contribution in [0.2, 0.25) is 0 Å². The predicted octanol–water partition coefficient (Wildman–Crippen LogP) is 1.75. The number of fused-ring (bicyclic) bond motifs is 1. The van der Waals surface area contributed by atoms with Crippen LogP contribution in [0.3, 0.4) is 0 Å². The van der Waals surface area contributed by atoms with Crippen LogP contribution in [0, 0.1) is 10.1 Å². The second kappa shape index (κ2) is 5.16. The SMILES string of the molecule is COC(=O)c1cn2cc(-c3ccc([N+](=O)[O-])cc3)nc2[se]1. The zero-order chi connectivity index (χ0) is 15.0. The number of nitro benzene ring substituents is 1. The minimum absolute atomic E-state index is 0.0441. The van der Waals surface area contributed by atoms with E-state index in [1.165, 1.54) is 19.2 Å². The maximum absolute atomic E-state index is 11.5. The first kappa shape index (κ1) is 13.5. The first-order valence-corrected chi connectivity index (χ1v) is 7.61. The third-order valence-electron chi connectivity index (χ3n) is 2.92. The fourth-order valence-corrected chi connectivity index (χ4v) is 3.74. The molecule has 0 N–H and O–H groups in total. The quantitative estimate of drug-likeness (QED) is 0.311. The van der Waals surface area contributed by atoms with E-state index in [1.807, 2.05) is 0 Å². The minimum atomic E-state index is -0.439. The zero-order valence-corrected chi connectivity index (χ0v) is 12.6. The van der Waals surface area contributed by atoms with Gasteiger partial charge < -0.3 is 0 Å². The second-order valence-corrected chi connectivity index (χ2v) is 6.32. The van der Waals surface area contributed by atoms with Crippen LogP contribution >= 0.6 is 0 Å². The number of hydrogen-bond donors (Lipinski definition) is 0. The summed E-state index contributed by atoms with van der Waals surface area (Å²) in [5, 5.41) is 10.6. The number of imidazole rings is 1. The van der Waals surface area contributed by atoms with E-state index in [0.29, 0.717) is 4.44 Å². The van der Waals surface area contributed by atoms with Crippen molar-refractivity contribution < 1.29 is 14.5 Å². The fourth-order valence-electron chi connectivity index (χ4n) is 1.88. The Bertz CT molecular complexity index is 803. The molecule has 2 heterocycles. The average Bonchev–Trinajstić information content (AvgIpc) is 3.05. The number of aromatic nitrogens is 2. The number of nitrogens with zero attached hydrogens (tertiary/aromatic N) is 3. The molecule has 0 aliphatic rings. The summed E-state index contributed by atoms with van der Waals surface area (Å²) in [7, 11) is 1.35. The van der Waals surface area contributed by atoms with Gasteiger partial charge in [0.05, 0.1) is 0 Å². The molecule has 0 saturated heterocycles. The van der Waals surface area contributed by atoms with Gasteiger partial charge in [0, 0.05) is 0 Å². The van der Waals surface area contributed by atoms with Crippen LogP contribution in [0.25, 0.3) is 15.8 Å². The van der Waals surface area contributed by atoms with Crippen LogP contribution in [-0.2, 0) is 4.74 Å². The van der Waals surface area contributed by atoms with Crippen molar-refractivity contribution in [3.63, 3.8) is 0 Å². The Hall–Kier alpha value is -2.44. The number of rotatable bonds is 3. The van der Waals surface area contributed by atoms with Gasteiger partial charge in [-0.2, -0.15) is 0 Å². The van der Waals surface area contributed by atoms with Crippen LogP contribution in [0.15, 0.2) is 36.7 Å². The number of nitro groups is 1. The standard InChI is InChI=1S/C13H9N3O4Se/c1-20-12(17)11-7-15-6-10(14-13(15)21-11)8-2-4-9(5-3-8)16(18)19/h2-7H,1H3. The zero-order valence-electron chi connectivity index (χ0n) is 10.8. The average molecular weight is 350 g/mol. The molecule has 0 saturated carbocycles. The number of ether oxygens (including phenoxy) is 1. The molecule has 0 fully saturated rings. The molecule has 8 heteroatoms. The van der Waals surface area contributed by atoms with Crippen LogP contribution in [-0.4, -0.2) is 41.9 Å². The molecule has 2 aromatic heterocycles. The first-order valence-electron chi connectivity index (χ1n) is 5.90. The second-order valence-electron chi connectivity index (χ2n) is 4.21. The number of non-ortho nitro benzene ring substituents is 1. The third-order valence-corrected chi connectivity index (χ3v) is 4.97. The number of esters is 1. The van der Waals surface area contributed by atoms with Crippen LogP contribution in [0.1, 0.15) is 9.23 Å². The van der Waals surface area contributed by atoms with Gasteiger partial charge in [-0.25, -0.2) is 0 Å². The molecule has 106 valence electrons. The molecule has 0 aliphatic carbocycles. The van der Waals surface area contributed by atoms with E-state index < -0.39 is 4.92 Å². The molecule has 0 bridgehead atoms. The summed E-state index contributed by atoms with van der Waals surface area (Å²) < 4.78 is 7.90. The molecular formula is C13H9N3O4Se. The van der Waals surface area contributed by atoms with E-state index >= 15 is 0 Å². The summed E-state index contributed by atoms with van der Waals surface area (Å²) in [6.07, 6.45) is 3.51. The topological polar surface area (TPSA) is 86.7 Å². The Balaban J connectivity index is 1.95. The summed E-state index contributed by atoms with van der Waals surface area (Å²) in [5.74, 6) is -0.336. The number of hydrogen-bond acceptors (Lipinski definition) is 5. The van der Waals surface area contributed by atoms with E-state index in [1.54, 1.807) is 28.9 Å². The van der Waals surface area contributed by atoms with Gasteiger partial charge in [-0.1, -0.05) is 0 Å². The molecule has 1 aromatic carbocycles. The van der Waals surface area contributed by atoms with E-state index in [4.69, 9.17) is 0 Å². The normalized spacial score (nSPS) is 10.7. The number of carbonyl (C=O) groups excluding carboxylic acids is 1. The molecule has 7 nitrogen and oxygen atoms in total. The Morgan fingerprint density at radius 3 is 2.62 bits per heavy atom. The van der Waals surface area contributed by atoms with Crippen molar-refractivity contribution in [3.05, 3.63) is 51.2 Å². The van der Waals surface area contributed by atoms with Crippen molar-refractivity contribution in [1.29, 1.82) is 0 Å².